The number of carbonyl (C=O) groups excluding carboxylic acids is 3. The minimum Gasteiger partial charge on any atom is -0.433 e. The van der Waals surface area contributed by atoms with Crippen molar-refractivity contribution in [3.05, 3.63) is 18.5 Å². The second-order valence-corrected chi connectivity index (χ2v) is 6.68. The minimum absolute atomic E-state index is 0.191. The summed E-state index contributed by atoms with van der Waals surface area (Å²) in [5.74, 6) is -0.788. The smallest absolute Gasteiger partial charge is 0.418 e. The van der Waals surface area contributed by atoms with Crippen LogP contribution in [0.15, 0.2) is 18.5 Å². The van der Waals surface area contributed by atoms with Gasteiger partial charge in [0.25, 0.3) is 5.91 Å². The number of hydrogen-bond donors (Lipinski definition) is 0. The van der Waals surface area contributed by atoms with Gasteiger partial charge in [-0.05, 0) is 26.3 Å². The zero-order valence-electron chi connectivity index (χ0n) is 14.4. The van der Waals surface area contributed by atoms with Crippen LogP contribution in [0.1, 0.15) is 20.3 Å². The first kappa shape index (κ1) is 17.4. The molecule has 3 rings (SSSR count). The van der Waals surface area contributed by atoms with Crippen molar-refractivity contribution in [2.75, 3.05) is 26.2 Å². The van der Waals surface area contributed by atoms with Crippen LogP contribution in [0, 0.1) is 0 Å². The third-order valence-corrected chi connectivity index (χ3v) is 4.27. The molecule has 1 aromatic heterocycles. The zero-order chi connectivity index (χ0) is 18.0. The van der Waals surface area contributed by atoms with Crippen LogP contribution in [-0.4, -0.2) is 75.4 Å². The first-order chi connectivity index (χ1) is 11.9. The molecule has 1 atom stereocenters. The fourth-order valence-electron chi connectivity index (χ4n) is 2.95. The molecule has 0 bridgehead atoms. The molecule has 2 aliphatic heterocycles. The Bertz CT molecular complexity index is 657. The molecule has 0 saturated carbocycles. The molecule has 2 fully saturated rings. The number of aromatic nitrogens is 2. The summed E-state index contributed by atoms with van der Waals surface area (Å²) in [6, 6.07) is 1.83. The maximum absolute atomic E-state index is 12.6. The number of carbonyl (C=O) groups is 3. The maximum atomic E-state index is 12.6. The molecule has 1 unspecified atom stereocenters. The van der Waals surface area contributed by atoms with Crippen LogP contribution in [0.4, 0.5) is 4.79 Å². The van der Waals surface area contributed by atoms with Crippen molar-refractivity contribution in [1.82, 2.24) is 19.6 Å². The van der Waals surface area contributed by atoms with E-state index in [1.807, 2.05) is 12.3 Å². The van der Waals surface area contributed by atoms with Crippen molar-refractivity contribution < 1.29 is 23.9 Å². The normalized spacial score (nSPS) is 23.5. The molecule has 0 spiro atoms. The number of ether oxygens (including phenoxy) is 2. The summed E-state index contributed by atoms with van der Waals surface area (Å²) in [5.41, 5.74) is -1.22. The highest BCUT2D eigenvalue weighted by Gasteiger charge is 2.48. The largest absolute Gasteiger partial charge is 0.433 e. The van der Waals surface area contributed by atoms with Gasteiger partial charge in [-0.25, -0.2) is 9.69 Å². The van der Waals surface area contributed by atoms with E-state index in [-0.39, 0.29) is 18.6 Å². The van der Waals surface area contributed by atoms with Crippen LogP contribution in [-0.2, 0) is 25.6 Å². The van der Waals surface area contributed by atoms with Gasteiger partial charge in [-0.15, -0.1) is 0 Å². The van der Waals surface area contributed by atoms with Crippen LogP contribution < -0.4 is 0 Å². The molecule has 25 heavy (non-hydrogen) atoms. The molecule has 2 saturated heterocycles. The van der Waals surface area contributed by atoms with E-state index in [1.54, 1.807) is 15.8 Å². The topological polar surface area (TPSA) is 94.0 Å². The van der Waals surface area contributed by atoms with Gasteiger partial charge in [0, 0.05) is 32.1 Å². The lowest BCUT2D eigenvalue weighted by atomic mass is 10.1. The van der Waals surface area contributed by atoms with Crippen LogP contribution in [0.25, 0.3) is 0 Å². The van der Waals surface area contributed by atoms with Gasteiger partial charge in [-0.1, -0.05) is 0 Å². The number of imide groups is 1. The van der Waals surface area contributed by atoms with E-state index in [0.29, 0.717) is 32.7 Å². The molecule has 0 aromatic carbocycles. The van der Waals surface area contributed by atoms with Crippen molar-refractivity contribution in [1.29, 1.82) is 0 Å². The van der Waals surface area contributed by atoms with E-state index in [1.165, 1.54) is 13.8 Å². The van der Waals surface area contributed by atoms with Crippen molar-refractivity contribution >= 4 is 17.9 Å². The van der Waals surface area contributed by atoms with Crippen LogP contribution in [0.5, 0.6) is 0 Å². The van der Waals surface area contributed by atoms with Gasteiger partial charge in [0.1, 0.15) is 6.54 Å². The Morgan fingerprint density at radius 2 is 2.20 bits per heavy atom. The molecule has 3 amide bonds. The number of rotatable bonds is 4. The number of amides is 3. The lowest BCUT2D eigenvalue weighted by molar-refractivity contribution is -0.140. The molecule has 0 radical (unpaired) electrons. The molecule has 0 N–H and O–H groups in total. The predicted octanol–water partition coefficient (Wildman–Crippen LogP) is 0.258. The Balaban J connectivity index is 1.62. The van der Waals surface area contributed by atoms with Crippen molar-refractivity contribution in [2.24, 2.45) is 0 Å². The average Bonchev–Trinajstić information content (AvgIpc) is 3.02. The van der Waals surface area contributed by atoms with E-state index in [9.17, 15) is 14.4 Å². The standard InChI is InChI=1S/C16H22N4O5/c1-16(2)14(22)20(15(23)25-16)11-13(21)18-6-4-8-24-12(9-18)10-19-7-3-5-17-19/h3,5,7,12H,4,6,8-11H2,1-2H3. The SMILES string of the molecule is CC1(C)OC(=O)N(CC(=O)N2CCCOC(Cn3cccn3)C2)C1=O. The van der Waals surface area contributed by atoms with Gasteiger partial charge >= 0.3 is 6.09 Å². The van der Waals surface area contributed by atoms with Crippen molar-refractivity contribution in [3.8, 4) is 0 Å². The highest BCUT2D eigenvalue weighted by Crippen LogP contribution is 2.23. The van der Waals surface area contributed by atoms with Crippen LogP contribution >= 0.6 is 0 Å². The summed E-state index contributed by atoms with van der Waals surface area (Å²) in [7, 11) is 0. The molecule has 0 aliphatic carbocycles. The molecule has 2 aliphatic rings. The monoisotopic (exact) mass is 350 g/mol. The summed E-state index contributed by atoms with van der Waals surface area (Å²) in [4.78, 5) is 39.1. The second-order valence-electron chi connectivity index (χ2n) is 6.68. The third-order valence-electron chi connectivity index (χ3n) is 4.27. The van der Waals surface area contributed by atoms with E-state index in [4.69, 9.17) is 9.47 Å². The van der Waals surface area contributed by atoms with Crippen LogP contribution in [0.2, 0.25) is 0 Å². The first-order valence-corrected chi connectivity index (χ1v) is 8.28. The fourth-order valence-corrected chi connectivity index (χ4v) is 2.95. The minimum atomic E-state index is -1.22. The van der Waals surface area contributed by atoms with Gasteiger partial charge in [-0.3, -0.25) is 14.3 Å². The maximum Gasteiger partial charge on any atom is 0.418 e. The molecular weight excluding hydrogens is 328 g/mol. The predicted molar refractivity (Wildman–Crippen MR) is 85.4 cm³/mol. The van der Waals surface area contributed by atoms with Gasteiger partial charge in [0.2, 0.25) is 5.91 Å². The molecule has 1 aromatic rings. The summed E-state index contributed by atoms with van der Waals surface area (Å²) in [6.45, 7) is 4.71. The Morgan fingerprint density at radius 3 is 2.84 bits per heavy atom. The van der Waals surface area contributed by atoms with E-state index < -0.39 is 17.6 Å². The number of cyclic esters (lactones) is 1. The van der Waals surface area contributed by atoms with Gasteiger partial charge in [-0.2, -0.15) is 5.10 Å². The zero-order valence-corrected chi connectivity index (χ0v) is 14.4. The summed E-state index contributed by atoms with van der Waals surface area (Å²) in [6.07, 6.45) is 3.25. The van der Waals surface area contributed by atoms with Crippen LogP contribution in [0.3, 0.4) is 0 Å². The second kappa shape index (κ2) is 6.83. The Kier molecular flexibility index (Phi) is 4.76. The molecule has 136 valence electrons. The third kappa shape index (κ3) is 3.81. The highest BCUT2D eigenvalue weighted by molar-refractivity contribution is 6.04. The fraction of sp³-hybridized carbons (Fsp3) is 0.625. The van der Waals surface area contributed by atoms with Gasteiger partial charge in [0.15, 0.2) is 5.60 Å². The Hall–Kier alpha value is -2.42. The Labute approximate surface area is 145 Å². The molecule has 9 heteroatoms. The van der Waals surface area contributed by atoms with E-state index >= 15 is 0 Å². The van der Waals surface area contributed by atoms with Crippen molar-refractivity contribution in [3.63, 3.8) is 0 Å². The molecular formula is C16H22N4O5. The number of nitrogens with zero attached hydrogens (tertiary/aromatic N) is 4. The molecule has 9 nitrogen and oxygen atoms in total. The number of hydrogen-bond acceptors (Lipinski definition) is 6. The summed E-state index contributed by atoms with van der Waals surface area (Å²) >= 11 is 0. The quantitative estimate of drug-likeness (QED) is 0.773. The average molecular weight is 350 g/mol. The molecule has 3 heterocycles. The summed E-state index contributed by atoms with van der Waals surface area (Å²) in [5, 5.41) is 4.15. The first-order valence-electron chi connectivity index (χ1n) is 8.28. The van der Waals surface area contributed by atoms with E-state index in [2.05, 4.69) is 5.10 Å². The van der Waals surface area contributed by atoms with Gasteiger partial charge < -0.3 is 14.4 Å². The summed E-state index contributed by atoms with van der Waals surface area (Å²) < 4.78 is 12.5. The van der Waals surface area contributed by atoms with Crippen molar-refractivity contribution in [2.45, 2.75) is 38.5 Å². The van der Waals surface area contributed by atoms with Gasteiger partial charge in [0.05, 0.1) is 12.6 Å². The van der Waals surface area contributed by atoms with E-state index in [0.717, 1.165) is 4.90 Å². The Morgan fingerprint density at radius 1 is 1.40 bits per heavy atom. The lowest BCUT2D eigenvalue weighted by Gasteiger charge is -2.25. The lowest BCUT2D eigenvalue weighted by Crippen LogP contribution is -2.46. The highest BCUT2D eigenvalue weighted by atomic mass is 16.6.